The number of hydroxylamine groups is 1. The summed E-state index contributed by atoms with van der Waals surface area (Å²) >= 11 is 0. The van der Waals surface area contributed by atoms with Gasteiger partial charge in [0.2, 0.25) is 5.91 Å². The van der Waals surface area contributed by atoms with Gasteiger partial charge >= 0.3 is 0 Å². The minimum Gasteiger partial charge on any atom is -0.350 e. The minimum atomic E-state index is -0.356. The second kappa shape index (κ2) is 5.64. The summed E-state index contributed by atoms with van der Waals surface area (Å²) in [6, 6.07) is -0.356. The molecule has 0 radical (unpaired) electrons. The van der Waals surface area contributed by atoms with Crippen LogP contribution >= 0.6 is 0 Å². The van der Waals surface area contributed by atoms with Crippen LogP contribution in [-0.4, -0.2) is 23.1 Å². The lowest BCUT2D eigenvalue weighted by molar-refractivity contribution is -0.135. The Morgan fingerprint density at radius 3 is 2.12 bits per heavy atom. The van der Waals surface area contributed by atoms with Crippen LogP contribution in [-0.2, 0) is 9.63 Å². The summed E-state index contributed by atoms with van der Waals surface area (Å²) in [4.78, 5) is 17.1. The third kappa shape index (κ3) is 6.80. The quantitative estimate of drug-likeness (QED) is 0.710. The molecule has 4 heteroatoms. The molecule has 0 spiro atoms. The summed E-state index contributed by atoms with van der Waals surface area (Å²) in [5.41, 5.74) is 2.29. The van der Waals surface area contributed by atoms with Crippen molar-refractivity contribution < 1.29 is 9.63 Å². The van der Waals surface area contributed by atoms with Crippen molar-refractivity contribution in [2.45, 2.75) is 72.1 Å². The van der Waals surface area contributed by atoms with Crippen LogP contribution < -0.4 is 10.8 Å². The van der Waals surface area contributed by atoms with Crippen molar-refractivity contribution >= 4 is 5.91 Å². The van der Waals surface area contributed by atoms with E-state index in [-0.39, 0.29) is 23.1 Å². The second-order valence-electron chi connectivity index (χ2n) is 5.78. The molecule has 0 fully saturated rings. The molecule has 0 bridgehead atoms. The monoisotopic (exact) mass is 230 g/mol. The summed E-state index contributed by atoms with van der Waals surface area (Å²) < 4.78 is 0. The number of rotatable bonds is 5. The predicted molar refractivity (Wildman–Crippen MR) is 65.9 cm³/mol. The van der Waals surface area contributed by atoms with Gasteiger partial charge in [0.05, 0.1) is 5.60 Å². The molecule has 0 aliphatic rings. The van der Waals surface area contributed by atoms with Crippen molar-refractivity contribution in [3.05, 3.63) is 0 Å². The Morgan fingerprint density at radius 2 is 1.75 bits per heavy atom. The molecule has 0 saturated carbocycles. The summed E-state index contributed by atoms with van der Waals surface area (Å²) in [5, 5.41) is 2.96. The summed E-state index contributed by atoms with van der Waals surface area (Å²) in [7, 11) is 0. The van der Waals surface area contributed by atoms with Gasteiger partial charge in [-0.3, -0.25) is 9.63 Å². The maximum Gasteiger partial charge on any atom is 0.239 e. The van der Waals surface area contributed by atoms with Crippen molar-refractivity contribution in [1.82, 2.24) is 10.8 Å². The molecule has 0 aromatic rings. The van der Waals surface area contributed by atoms with Crippen LogP contribution in [0.25, 0.3) is 0 Å². The molecule has 4 nitrogen and oxygen atoms in total. The maximum absolute atomic E-state index is 11.8. The van der Waals surface area contributed by atoms with Gasteiger partial charge < -0.3 is 5.32 Å². The van der Waals surface area contributed by atoms with E-state index in [1.165, 1.54) is 0 Å². The van der Waals surface area contributed by atoms with Gasteiger partial charge in [0.1, 0.15) is 6.04 Å². The van der Waals surface area contributed by atoms with Crippen LogP contribution in [0, 0.1) is 0 Å². The van der Waals surface area contributed by atoms with Crippen LogP contribution in [0.15, 0.2) is 0 Å². The van der Waals surface area contributed by atoms with Crippen LogP contribution in [0.1, 0.15) is 54.9 Å². The average molecular weight is 230 g/mol. The molecule has 1 amide bonds. The van der Waals surface area contributed by atoms with E-state index in [0.717, 1.165) is 6.42 Å². The van der Waals surface area contributed by atoms with Crippen molar-refractivity contribution in [2.24, 2.45) is 0 Å². The molecule has 0 aromatic heterocycles. The zero-order valence-corrected chi connectivity index (χ0v) is 11.6. The molecular formula is C12H26N2O2. The predicted octanol–water partition coefficient (Wildman–Crippen LogP) is 2.00. The van der Waals surface area contributed by atoms with E-state index in [1.807, 2.05) is 41.5 Å². The molecule has 0 saturated heterocycles. The molecule has 0 rings (SSSR count). The highest BCUT2D eigenvalue weighted by atomic mass is 16.7. The van der Waals surface area contributed by atoms with Gasteiger partial charge in [-0.15, -0.1) is 0 Å². The van der Waals surface area contributed by atoms with E-state index in [9.17, 15) is 4.79 Å². The first-order valence-corrected chi connectivity index (χ1v) is 5.83. The minimum absolute atomic E-state index is 0.0453. The summed E-state index contributed by atoms with van der Waals surface area (Å²) in [5.74, 6) is -0.0453. The zero-order chi connectivity index (χ0) is 13.0. The van der Waals surface area contributed by atoms with Crippen molar-refractivity contribution in [3.63, 3.8) is 0 Å². The molecule has 2 N–H and O–H groups in total. The van der Waals surface area contributed by atoms with E-state index in [1.54, 1.807) is 6.92 Å². The Bertz CT molecular complexity index is 232. The average Bonchev–Trinajstić information content (AvgIpc) is 2.12. The van der Waals surface area contributed by atoms with Crippen molar-refractivity contribution in [3.8, 4) is 0 Å². The van der Waals surface area contributed by atoms with Gasteiger partial charge in [0.25, 0.3) is 0 Å². The van der Waals surface area contributed by atoms with Crippen LogP contribution in [0.5, 0.6) is 0 Å². The largest absolute Gasteiger partial charge is 0.350 e. The number of hydrogen-bond acceptors (Lipinski definition) is 3. The Morgan fingerprint density at radius 1 is 1.25 bits per heavy atom. The zero-order valence-electron chi connectivity index (χ0n) is 11.6. The van der Waals surface area contributed by atoms with Gasteiger partial charge in [0, 0.05) is 5.54 Å². The molecule has 0 heterocycles. The van der Waals surface area contributed by atoms with E-state index in [0.29, 0.717) is 0 Å². The second-order valence-corrected chi connectivity index (χ2v) is 5.78. The third-order valence-corrected chi connectivity index (χ3v) is 2.28. The van der Waals surface area contributed by atoms with E-state index >= 15 is 0 Å². The summed E-state index contributed by atoms with van der Waals surface area (Å²) in [6.07, 6.45) is 0.894. The fraction of sp³-hybridized carbons (Fsp3) is 0.917. The highest BCUT2D eigenvalue weighted by Gasteiger charge is 2.23. The lowest BCUT2D eigenvalue weighted by atomic mass is 10.0. The fourth-order valence-electron chi connectivity index (χ4n) is 0.849. The maximum atomic E-state index is 11.8. The molecule has 0 aliphatic heterocycles. The van der Waals surface area contributed by atoms with Gasteiger partial charge in [-0.1, -0.05) is 6.92 Å². The number of nitrogens with one attached hydrogen (secondary N) is 2. The number of carbonyl (C=O) groups is 1. The Labute approximate surface area is 99.1 Å². The van der Waals surface area contributed by atoms with E-state index in [4.69, 9.17) is 4.84 Å². The van der Waals surface area contributed by atoms with E-state index in [2.05, 4.69) is 10.8 Å². The Kier molecular flexibility index (Phi) is 5.42. The van der Waals surface area contributed by atoms with Crippen molar-refractivity contribution in [1.29, 1.82) is 0 Å². The molecule has 16 heavy (non-hydrogen) atoms. The van der Waals surface area contributed by atoms with Crippen LogP contribution in [0.4, 0.5) is 0 Å². The molecule has 1 unspecified atom stereocenters. The molecule has 0 aliphatic carbocycles. The van der Waals surface area contributed by atoms with Gasteiger partial charge in [0.15, 0.2) is 0 Å². The normalized spacial score (nSPS) is 14.7. The number of amides is 1. The summed E-state index contributed by atoms with van der Waals surface area (Å²) in [6.45, 7) is 13.6. The molecular weight excluding hydrogens is 204 g/mol. The van der Waals surface area contributed by atoms with E-state index < -0.39 is 0 Å². The SMILES string of the molecule is CCC(C)(C)NC(=O)C(C)NOC(C)(C)C. The highest BCUT2D eigenvalue weighted by Crippen LogP contribution is 2.08. The Hall–Kier alpha value is -0.610. The van der Waals surface area contributed by atoms with Gasteiger partial charge in [-0.05, 0) is 48.0 Å². The number of carbonyl (C=O) groups excluding carboxylic acids is 1. The smallest absolute Gasteiger partial charge is 0.239 e. The molecule has 1 atom stereocenters. The first-order valence-electron chi connectivity index (χ1n) is 5.83. The lowest BCUT2D eigenvalue weighted by Gasteiger charge is -2.28. The topological polar surface area (TPSA) is 50.4 Å². The first kappa shape index (κ1) is 15.4. The fourth-order valence-corrected chi connectivity index (χ4v) is 0.849. The van der Waals surface area contributed by atoms with Crippen molar-refractivity contribution in [2.75, 3.05) is 0 Å². The first-order chi connectivity index (χ1) is 7.07. The van der Waals surface area contributed by atoms with Gasteiger partial charge in [-0.2, -0.15) is 5.48 Å². The number of hydrogen-bond donors (Lipinski definition) is 2. The van der Waals surface area contributed by atoms with Crippen LogP contribution in [0.3, 0.4) is 0 Å². The Balaban J connectivity index is 4.10. The molecule has 0 aromatic carbocycles. The lowest BCUT2D eigenvalue weighted by Crippen LogP contribution is -2.51. The van der Waals surface area contributed by atoms with Gasteiger partial charge in [-0.25, -0.2) is 0 Å². The molecule has 96 valence electrons. The van der Waals surface area contributed by atoms with Crippen LogP contribution in [0.2, 0.25) is 0 Å². The highest BCUT2D eigenvalue weighted by molar-refractivity contribution is 5.81. The standard InChI is InChI=1S/C12H26N2O2/c1-8-12(6,7)13-10(15)9(2)14-16-11(3,4)5/h9,14H,8H2,1-7H3,(H,13,15). The third-order valence-electron chi connectivity index (χ3n) is 2.28.